The third-order valence-electron chi connectivity index (χ3n) is 5.24. The van der Waals surface area contributed by atoms with Gasteiger partial charge < -0.3 is 5.32 Å². The highest BCUT2D eigenvalue weighted by Crippen LogP contribution is 2.32. The lowest BCUT2D eigenvalue weighted by Gasteiger charge is -2.31. The number of alkyl halides is 2. The Hall–Kier alpha value is -2.36. The van der Waals surface area contributed by atoms with Crippen LogP contribution in [0, 0.1) is 11.8 Å². The van der Waals surface area contributed by atoms with Gasteiger partial charge in [0, 0.05) is 12.5 Å². The maximum atomic E-state index is 12.9. The third-order valence-corrected chi connectivity index (χ3v) is 6.70. The molecule has 10 heteroatoms. The van der Waals surface area contributed by atoms with Gasteiger partial charge in [0.2, 0.25) is 0 Å². The SMILES string of the molecule is CCN1C(C(=O)Nc2cccc(C(F)F)n2)=CC(C2CCC(C)CC2)=NS1(=O)=O. The van der Waals surface area contributed by atoms with Crippen LogP contribution in [0.25, 0.3) is 0 Å². The maximum absolute atomic E-state index is 12.9. The number of nitrogens with one attached hydrogen (secondary N) is 1. The van der Waals surface area contributed by atoms with E-state index < -0.39 is 28.2 Å². The summed E-state index contributed by atoms with van der Waals surface area (Å²) in [6.07, 6.45) is 2.29. The van der Waals surface area contributed by atoms with Crippen molar-refractivity contribution >= 4 is 27.6 Å². The minimum absolute atomic E-state index is 0.0184. The van der Waals surface area contributed by atoms with Crippen molar-refractivity contribution in [1.29, 1.82) is 0 Å². The van der Waals surface area contributed by atoms with Gasteiger partial charge in [0.05, 0.1) is 5.71 Å². The summed E-state index contributed by atoms with van der Waals surface area (Å²) in [4.78, 5) is 16.5. The lowest BCUT2D eigenvalue weighted by molar-refractivity contribution is -0.113. The number of pyridine rings is 1. The fraction of sp³-hybridized carbons (Fsp3) is 0.526. The Kier molecular flexibility index (Phi) is 6.30. The smallest absolute Gasteiger partial charge is 0.305 e. The fourth-order valence-corrected chi connectivity index (χ4v) is 4.91. The number of rotatable bonds is 5. The molecule has 1 aromatic rings. The quantitative estimate of drug-likeness (QED) is 0.777. The first-order valence-corrected chi connectivity index (χ1v) is 11.0. The van der Waals surface area contributed by atoms with E-state index in [9.17, 15) is 22.0 Å². The van der Waals surface area contributed by atoms with Crippen molar-refractivity contribution in [1.82, 2.24) is 9.29 Å². The van der Waals surface area contributed by atoms with Gasteiger partial charge in [0.15, 0.2) is 0 Å². The molecule has 1 saturated carbocycles. The lowest BCUT2D eigenvalue weighted by atomic mass is 9.80. The number of hydrogen-bond acceptors (Lipinski definition) is 4. The number of aromatic nitrogens is 1. The standard InChI is InChI=1S/C19H24F2N4O3S/c1-3-25-16(19(26)23-17-6-4-5-14(22-17)18(20)21)11-15(24-29(25,27)28)13-9-7-12(2)8-10-13/h4-6,11-13,18H,3,7-10H2,1-2H3,(H,22,23,26). The zero-order valence-electron chi connectivity index (χ0n) is 16.3. The van der Waals surface area contributed by atoms with Gasteiger partial charge in [-0.25, -0.2) is 18.1 Å². The Morgan fingerprint density at radius 2 is 1.97 bits per heavy atom. The number of halogens is 2. The Morgan fingerprint density at radius 3 is 2.59 bits per heavy atom. The van der Waals surface area contributed by atoms with Gasteiger partial charge in [-0.15, -0.1) is 4.40 Å². The first kappa shape index (κ1) is 21.4. The second-order valence-electron chi connectivity index (χ2n) is 7.35. The summed E-state index contributed by atoms with van der Waals surface area (Å²) in [5, 5.41) is 2.43. The molecule has 0 bridgehead atoms. The van der Waals surface area contributed by atoms with Crippen LogP contribution in [0.4, 0.5) is 14.6 Å². The second kappa shape index (κ2) is 8.56. The fourth-order valence-electron chi connectivity index (χ4n) is 3.63. The number of carbonyl (C=O) groups is 1. The van der Waals surface area contributed by atoms with E-state index in [0.29, 0.717) is 11.6 Å². The van der Waals surface area contributed by atoms with E-state index in [1.165, 1.54) is 18.2 Å². The van der Waals surface area contributed by atoms with Crippen LogP contribution in [0.5, 0.6) is 0 Å². The molecule has 158 valence electrons. The summed E-state index contributed by atoms with van der Waals surface area (Å²) in [6, 6.07) is 3.87. The van der Waals surface area contributed by atoms with E-state index >= 15 is 0 Å². The highest BCUT2D eigenvalue weighted by atomic mass is 32.2. The van der Waals surface area contributed by atoms with E-state index in [1.54, 1.807) is 6.92 Å². The molecule has 0 radical (unpaired) electrons. The molecule has 2 aliphatic rings. The molecule has 1 aliphatic heterocycles. The number of carbonyl (C=O) groups excluding carboxylic acids is 1. The van der Waals surface area contributed by atoms with Crippen LogP contribution in [-0.2, 0) is 15.0 Å². The Morgan fingerprint density at radius 1 is 1.28 bits per heavy atom. The number of amides is 1. The van der Waals surface area contributed by atoms with Gasteiger partial charge >= 0.3 is 10.2 Å². The molecule has 0 spiro atoms. The Balaban J connectivity index is 1.89. The van der Waals surface area contributed by atoms with Gasteiger partial charge in [0.25, 0.3) is 12.3 Å². The maximum Gasteiger partial charge on any atom is 0.345 e. The molecule has 1 fully saturated rings. The van der Waals surface area contributed by atoms with Gasteiger partial charge in [0.1, 0.15) is 17.2 Å². The largest absolute Gasteiger partial charge is 0.345 e. The monoisotopic (exact) mass is 426 g/mol. The third kappa shape index (κ3) is 4.80. The van der Waals surface area contributed by atoms with Crippen molar-refractivity contribution in [3.8, 4) is 0 Å². The summed E-state index contributed by atoms with van der Waals surface area (Å²) in [5.41, 5.74) is -0.180. The van der Waals surface area contributed by atoms with Gasteiger partial charge in [-0.1, -0.05) is 25.8 Å². The van der Waals surface area contributed by atoms with Crippen molar-refractivity contribution < 1.29 is 22.0 Å². The molecular formula is C19H24F2N4O3S. The predicted molar refractivity (Wildman–Crippen MR) is 106 cm³/mol. The van der Waals surface area contributed by atoms with Crippen LogP contribution < -0.4 is 5.32 Å². The molecule has 1 N–H and O–H groups in total. The van der Waals surface area contributed by atoms with E-state index in [0.717, 1.165) is 36.1 Å². The second-order valence-corrected chi connectivity index (χ2v) is 8.87. The van der Waals surface area contributed by atoms with Crippen molar-refractivity contribution in [2.24, 2.45) is 16.2 Å². The number of nitrogens with zero attached hydrogens (tertiary/aromatic N) is 3. The number of likely N-dealkylation sites (N-methyl/N-ethyl adjacent to an activating group) is 1. The average Bonchev–Trinajstić information content (AvgIpc) is 2.67. The zero-order valence-corrected chi connectivity index (χ0v) is 17.1. The molecule has 7 nitrogen and oxygen atoms in total. The van der Waals surface area contributed by atoms with Crippen LogP contribution in [0.2, 0.25) is 0 Å². The van der Waals surface area contributed by atoms with Crippen LogP contribution in [0.1, 0.15) is 51.7 Å². The summed E-state index contributed by atoms with van der Waals surface area (Å²) >= 11 is 0. The van der Waals surface area contributed by atoms with E-state index in [4.69, 9.17) is 0 Å². The van der Waals surface area contributed by atoms with Gasteiger partial charge in [-0.3, -0.25) is 4.79 Å². The van der Waals surface area contributed by atoms with Crippen molar-refractivity contribution in [3.63, 3.8) is 0 Å². The molecule has 0 aromatic carbocycles. The summed E-state index contributed by atoms with van der Waals surface area (Å²) in [5.74, 6) is -0.245. The van der Waals surface area contributed by atoms with Crippen LogP contribution in [0.15, 0.2) is 34.4 Å². The highest BCUT2D eigenvalue weighted by Gasteiger charge is 2.34. The highest BCUT2D eigenvalue weighted by molar-refractivity contribution is 7.88. The first-order chi connectivity index (χ1) is 13.7. The summed E-state index contributed by atoms with van der Waals surface area (Å²) in [6.45, 7) is 3.77. The normalized spacial score (nSPS) is 24.1. The minimum Gasteiger partial charge on any atom is -0.305 e. The molecule has 29 heavy (non-hydrogen) atoms. The van der Waals surface area contributed by atoms with E-state index in [2.05, 4.69) is 21.6 Å². The Labute approximate surface area is 169 Å². The molecule has 3 rings (SSSR count). The van der Waals surface area contributed by atoms with Crippen LogP contribution in [0.3, 0.4) is 0 Å². The van der Waals surface area contributed by atoms with Gasteiger partial charge in [-0.2, -0.15) is 8.42 Å². The number of anilines is 1. The van der Waals surface area contributed by atoms with Crippen LogP contribution >= 0.6 is 0 Å². The van der Waals surface area contributed by atoms with Crippen LogP contribution in [-0.4, -0.2) is 35.9 Å². The Bertz CT molecular complexity index is 939. The molecule has 0 atom stereocenters. The molecule has 2 heterocycles. The van der Waals surface area contributed by atoms with Crippen molar-refractivity contribution in [2.75, 3.05) is 11.9 Å². The number of allylic oxidation sites excluding steroid dienone is 1. The molecular weight excluding hydrogens is 402 g/mol. The van der Waals surface area contributed by atoms with E-state index in [-0.39, 0.29) is 24.0 Å². The summed E-state index contributed by atoms with van der Waals surface area (Å²) < 4.78 is 55.8. The lowest BCUT2D eigenvalue weighted by Crippen LogP contribution is -2.39. The molecule has 0 unspecified atom stereocenters. The van der Waals surface area contributed by atoms with Gasteiger partial charge in [-0.05, 0) is 43.9 Å². The zero-order chi connectivity index (χ0) is 21.2. The van der Waals surface area contributed by atoms with Crippen molar-refractivity contribution in [3.05, 3.63) is 35.7 Å². The summed E-state index contributed by atoms with van der Waals surface area (Å²) in [7, 11) is -4.04. The van der Waals surface area contributed by atoms with Crippen molar-refractivity contribution in [2.45, 2.75) is 46.0 Å². The van der Waals surface area contributed by atoms with E-state index in [1.807, 2.05) is 0 Å². The molecule has 1 amide bonds. The first-order valence-electron chi connectivity index (χ1n) is 9.62. The molecule has 1 aliphatic carbocycles. The number of hydrogen-bond donors (Lipinski definition) is 1. The predicted octanol–water partition coefficient (Wildman–Crippen LogP) is 3.69. The molecule has 0 saturated heterocycles. The molecule has 1 aromatic heterocycles. The average molecular weight is 426 g/mol. The minimum atomic E-state index is -4.04. The topological polar surface area (TPSA) is 91.7 Å².